The topological polar surface area (TPSA) is 47.0 Å². The van der Waals surface area contributed by atoms with Crippen molar-refractivity contribution in [1.29, 1.82) is 0 Å². The van der Waals surface area contributed by atoms with E-state index in [9.17, 15) is 8.78 Å². The second-order valence-corrected chi connectivity index (χ2v) is 5.83. The van der Waals surface area contributed by atoms with Gasteiger partial charge >= 0.3 is 0 Å². The minimum atomic E-state index is -0.860. The average molecular weight is 319 g/mol. The van der Waals surface area contributed by atoms with Gasteiger partial charge in [0.15, 0.2) is 11.6 Å². The highest BCUT2D eigenvalue weighted by Gasteiger charge is 2.31. The molecule has 0 radical (unpaired) electrons. The SMILES string of the molecule is Cc1nc(C)c(C)c(NC2CCOC2c2ccc(F)c(F)c2)n1. The molecule has 0 bridgehead atoms. The van der Waals surface area contributed by atoms with E-state index >= 15 is 0 Å². The summed E-state index contributed by atoms with van der Waals surface area (Å²) in [5.41, 5.74) is 2.52. The second-order valence-electron chi connectivity index (χ2n) is 5.83. The fourth-order valence-electron chi connectivity index (χ4n) is 2.84. The largest absolute Gasteiger partial charge is 0.371 e. The molecule has 1 aliphatic heterocycles. The van der Waals surface area contributed by atoms with Crippen molar-refractivity contribution in [2.75, 3.05) is 11.9 Å². The van der Waals surface area contributed by atoms with Gasteiger partial charge in [0.05, 0.1) is 6.04 Å². The molecule has 0 amide bonds. The molecule has 1 aromatic carbocycles. The fourth-order valence-corrected chi connectivity index (χ4v) is 2.84. The van der Waals surface area contributed by atoms with Crippen LogP contribution in [0.2, 0.25) is 0 Å². The molecule has 1 fully saturated rings. The Bertz CT molecular complexity index is 736. The Morgan fingerprint density at radius 1 is 1.13 bits per heavy atom. The highest BCUT2D eigenvalue weighted by atomic mass is 19.2. The van der Waals surface area contributed by atoms with Crippen LogP contribution in [0.3, 0.4) is 0 Å². The minimum absolute atomic E-state index is 0.0488. The van der Waals surface area contributed by atoms with Crippen LogP contribution >= 0.6 is 0 Å². The van der Waals surface area contributed by atoms with Gasteiger partial charge in [-0.2, -0.15) is 0 Å². The van der Waals surface area contributed by atoms with Gasteiger partial charge in [-0.1, -0.05) is 6.07 Å². The monoisotopic (exact) mass is 319 g/mol. The first-order valence-corrected chi connectivity index (χ1v) is 7.60. The predicted octanol–water partition coefficient (Wildman–Crippen LogP) is 3.62. The van der Waals surface area contributed by atoms with Crippen LogP contribution in [-0.2, 0) is 4.74 Å². The third kappa shape index (κ3) is 3.17. The quantitative estimate of drug-likeness (QED) is 0.938. The summed E-state index contributed by atoms with van der Waals surface area (Å²) in [7, 11) is 0. The number of hydrogen-bond donors (Lipinski definition) is 1. The van der Waals surface area contributed by atoms with Crippen molar-refractivity contribution in [3.05, 3.63) is 52.5 Å². The smallest absolute Gasteiger partial charge is 0.159 e. The van der Waals surface area contributed by atoms with E-state index in [-0.39, 0.29) is 12.1 Å². The van der Waals surface area contributed by atoms with Crippen LogP contribution in [0, 0.1) is 32.4 Å². The predicted molar refractivity (Wildman–Crippen MR) is 83.3 cm³/mol. The number of nitrogens with one attached hydrogen (secondary N) is 1. The molecule has 2 aromatic rings. The molecule has 0 aliphatic carbocycles. The van der Waals surface area contributed by atoms with Crippen molar-refractivity contribution in [3.63, 3.8) is 0 Å². The molecular weight excluding hydrogens is 300 g/mol. The van der Waals surface area contributed by atoms with Gasteiger partial charge in [-0.05, 0) is 44.9 Å². The molecule has 4 nitrogen and oxygen atoms in total. The molecule has 1 saturated heterocycles. The van der Waals surface area contributed by atoms with E-state index in [1.807, 2.05) is 20.8 Å². The number of nitrogens with zero attached hydrogens (tertiary/aromatic N) is 2. The van der Waals surface area contributed by atoms with Crippen LogP contribution < -0.4 is 5.32 Å². The summed E-state index contributed by atoms with van der Waals surface area (Å²) in [5, 5.41) is 3.38. The molecule has 2 unspecified atom stereocenters. The normalized spacial score (nSPS) is 20.7. The van der Waals surface area contributed by atoms with Crippen LogP contribution in [-0.4, -0.2) is 22.6 Å². The summed E-state index contributed by atoms with van der Waals surface area (Å²) in [6.45, 7) is 6.30. The van der Waals surface area contributed by atoms with E-state index in [2.05, 4.69) is 15.3 Å². The molecule has 6 heteroatoms. The first-order valence-electron chi connectivity index (χ1n) is 7.60. The van der Waals surface area contributed by atoms with E-state index in [4.69, 9.17) is 4.74 Å². The Morgan fingerprint density at radius 3 is 2.65 bits per heavy atom. The molecule has 0 saturated carbocycles. The van der Waals surface area contributed by atoms with E-state index < -0.39 is 11.6 Å². The van der Waals surface area contributed by atoms with Crippen LogP contribution in [0.1, 0.15) is 35.2 Å². The van der Waals surface area contributed by atoms with Crippen molar-refractivity contribution < 1.29 is 13.5 Å². The van der Waals surface area contributed by atoms with E-state index in [0.29, 0.717) is 18.0 Å². The molecule has 1 N–H and O–H groups in total. The van der Waals surface area contributed by atoms with Gasteiger partial charge < -0.3 is 10.1 Å². The Kier molecular flexibility index (Phi) is 4.26. The Hall–Kier alpha value is -2.08. The number of anilines is 1. The molecule has 1 aliphatic rings. The first kappa shape index (κ1) is 15.8. The maximum atomic E-state index is 13.5. The van der Waals surface area contributed by atoms with Gasteiger partial charge in [-0.3, -0.25) is 0 Å². The summed E-state index contributed by atoms with van der Waals surface area (Å²) in [6, 6.07) is 3.84. The second kappa shape index (κ2) is 6.20. The Balaban J connectivity index is 1.86. The highest BCUT2D eigenvalue weighted by Crippen LogP contribution is 2.32. The molecule has 2 heterocycles. The summed E-state index contributed by atoms with van der Waals surface area (Å²) < 4.78 is 32.3. The molecule has 0 spiro atoms. The molecular formula is C17H19F2N3O. The Morgan fingerprint density at radius 2 is 1.91 bits per heavy atom. The lowest BCUT2D eigenvalue weighted by Gasteiger charge is -2.22. The standard InChI is InChI=1S/C17H19F2N3O/c1-9-10(2)20-11(3)21-17(9)22-15-6-7-23-16(15)12-4-5-13(18)14(19)8-12/h4-5,8,15-16H,6-7H2,1-3H3,(H,20,21,22). The molecule has 3 rings (SSSR count). The van der Waals surface area contributed by atoms with E-state index in [1.54, 1.807) is 6.07 Å². The van der Waals surface area contributed by atoms with Gasteiger partial charge in [0.25, 0.3) is 0 Å². The maximum Gasteiger partial charge on any atom is 0.159 e. The molecule has 23 heavy (non-hydrogen) atoms. The molecule has 1 aromatic heterocycles. The number of hydrogen-bond acceptors (Lipinski definition) is 4. The lowest BCUT2D eigenvalue weighted by molar-refractivity contribution is 0.107. The van der Waals surface area contributed by atoms with Crippen LogP contribution in [0.5, 0.6) is 0 Å². The highest BCUT2D eigenvalue weighted by molar-refractivity contribution is 5.47. The van der Waals surface area contributed by atoms with Gasteiger partial charge in [0.2, 0.25) is 0 Å². The van der Waals surface area contributed by atoms with Crippen molar-refractivity contribution >= 4 is 5.82 Å². The number of halogens is 2. The van der Waals surface area contributed by atoms with Gasteiger partial charge in [-0.25, -0.2) is 18.7 Å². The fraction of sp³-hybridized carbons (Fsp3) is 0.412. The summed E-state index contributed by atoms with van der Waals surface area (Å²) in [6.07, 6.45) is 0.436. The van der Waals surface area contributed by atoms with E-state index in [0.717, 1.165) is 29.6 Å². The minimum Gasteiger partial charge on any atom is -0.371 e. The zero-order valence-corrected chi connectivity index (χ0v) is 13.4. The summed E-state index contributed by atoms with van der Waals surface area (Å²) in [4.78, 5) is 8.78. The van der Waals surface area contributed by atoms with Crippen LogP contribution in [0.25, 0.3) is 0 Å². The van der Waals surface area contributed by atoms with Crippen molar-refractivity contribution in [2.24, 2.45) is 0 Å². The third-order valence-electron chi connectivity index (χ3n) is 4.19. The number of benzene rings is 1. The van der Waals surface area contributed by atoms with Gasteiger partial charge in [0.1, 0.15) is 17.7 Å². The summed E-state index contributed by atoms with van der Waals surface area (Å²) >= 11 is 0. The van der Waals surface area contributed by atoms with Crippen molar-refractivity contribution in [1.82, 2.24) is 9.97 Å². The summed E-state index contributed by atoms with van der Waals surface area (Å²) in [5.74, 6) is -0.257. The van der Waals surface area contributed by atoms with Gasteiger partial charge in [0, 0.05) is 17.9 Å². The van der Waals surface area contributed by atoms with Crippen LogP contribution in [0.15, 0.2) is 18.2 Å². The molecule has 2 atom stereocenters. The lowest BCUT2D eigenvalue weighted by atomic mass is 10.0. The first-order chi connectivity index (χ1) is 11.0. The van der Waals surface area contributed by atoms with E-state index in [1.165, 1.54) is 6.07 Å². The number of aromatic nitrogens is 2. The van der Waals surface area contributed by atoms with Crippen molar-refractivity contribution in [2.45, 2.75) is 39.3 Å². The Labute approximate surface area is 133 Å². The zero-order valence-electron chi connectivity index (χ0n) is 13.4. The average Bonchev–Trinajstić information content (AvgIpc) is 2.95. The number of ether oxygens (including phenoxy) is 1. The van der Waals surface area contributed by atoms with Crippen molar-refractivity contribution in [3.8, 4) is 0 Å². The maximum absolute atomic E-state index is 13.5. The molecule has 122 valence electrons. The number of rotatable bonds is 3. The third-order valence-corrected chi connectivity index (χ3v) is 4.19. The zero-order chi connectivity index (χ0) is 16.6. The number of aryl methyl sites for hydroxylation is 2. The van der Waals surface area contributed by atoms with Crippen LogP contribution in [0.4, 0.5) is 14.6 Å². The van der Waals surface area contributed by atoms with Gasteiger partial charge in [-0.15, -0.1) is 0 Å². The lowest BCUT2D eigenvalue weighted by Crippen LogP contribution is -2.25.